The van der Waals surface area contributed by atoms with Crippen molar-refractivity contribution in [3.05, 3.63) is 40.6 Å². The summed E-state index contributed by atoms with van der Waals surface area (Å²) in [6, 6.07) is 8.44. The topological polar surface area (TPSA) is 79.5 Å². The molecule has 1 aromatic carbocycles. The maximum Gasteiger partial charge on any atom is 0.371 e. The van der Waals surface area contributed by atoms with Crippen molar-refractivity contribution >= 4 is 33.5 Å². The summed E-state index contributed by atoms with van der Waals surface area (Å²) in [5, 5.41) is 12.0. The molecule has 24 heavy (non-hydrogen) atoms. The van der Waals surface area contributed by atoms with Gasteiger partial charge in [0.2, 0.25) is 11.7 Å². The Bertz CT molecular complexity index is 762. The molecule has 1 saturated carbocycles. The van der Waals surface area contributed by atoms with Gasteiger partial charge in [0.1, 0.15) is 5.76 Å². The van der Waals surface area contributed by atoms with E-state index in [1.54, 1.807) is 18.2 Å². The Kier molecular flexibility index (Phi) is 5.04. The van der Waals surface area contributed by atoms with Crippen molar-refractivity contribution < 1.29 is 19.1 Å². The van der Waals surface area contributed by atoms with Crippen LogP contribution < -0.4 is 5.32 Å². The van der Waals surface area contributed by atoms with E-state index in [2.05, 4.69) is 21.2 Å². The number of carbonyl (C=O) groups excluding carboxylic acids is 1. The van der Waals surface area contributed by atoms with Crippen LogP contribution in [0.2, 0.25) is 0 Å². The van der Waals surface area contributed by atoms with E-state index in [4.69, 9.17) is 9.52 Å². The van der Waals surface area contributed by atoms with E-state index in [0.29, 0.717) is 17.0 Å². The zero-order chi connectivity index (χ0) is 17.1. The standard InChI is InChI=1S/C18H18BrNO4/c19-12-6-7-13(15-8-9-16(24-15)18(22)23)14(10-12)20-17(21)11-4-2-1-3-5-11/h6-11H,1-5H2,(H,20,21)(H,22,23). The Hall–Kier alpha value is -2.08. The van der Waals surface area contributed by atoms with Gasteiger partial charge in [-0.2, -0.15) is 0 Å². The van der Waals surface area contributed by atoms with Crippen LogP contribution in [0.3, 0.4) is 0 Å². The van der Waals surface area contributed by atoms with E-state index in [9.17, 15) is 9.59 Å². The van der Waals surface area contributed by atoms with Crippen molar-refractivity contribution in [2.24, 2.45) is 5.92 Å². The van der Waals surface area contributed by atoms with Crippen LogP contribution in [0, 0.1) is 5.92 Å². The van der Waals surface area contributed by atoms with Crippen molar-refractivity contribution in [1.82, 2.24) is 0 Å². The van der Waals surface area contributed by atoms with Crippen molar-refractivity contribution in [1.29, 1.82) is 0 Å². The van der Waals surface area contributed by atoms with Gasteiger partial charge in [-0.15, -0.1) is 0 Å². The van der Waals surface area contributed by atoms with E-state index < -0.39 is 5.97 Å². The molecule has 0 unspecified atom stereocenters. The van der Waals surface area contributed by atoms with Gasteiger partial charge in [0, 0.05) is 16.0 Å². The Labute approximate surface area is 148 Å². The predicted octanol–water partition coefficient (Wildman–Crippen LogP) is 4.93. The summed E-state index contributed by atoms with van der Waals surface area (Å²) < 4.78 is 6.20. The third kappa shape index (κ3) is 3.70. The van der Waals surface area contributed by atoms with Crippen molar-refractivity contribution in [3.63, 3.8) is 0 Å². The smallest absolute Gasteiger partial charge is 0.371 e. The first-order valence-corrected chi connectivity index (χ1v) is 8.78. The highest BCUT2D eigenvalue weighted by Crippen LogP contribution is 2.33. The van der Waals surface area contributed by atoms with Crippen molar-refractivity contribution in [3.8, 4) is 11.3 Å². The number of rotatable bonds is 4. The normalized spacial score (nSPS) is 15.2. The quantitative estimate of drug-likeness (QED) is 0.774. The molecule has 5 nitrogen and oxygen atoms in total. The highest BCUT2D eigenvalue weighted by atomic mass is 79.9. The van der Waals surface area contributed by atoms with Gasteiger partial charge in [-0.25, -0.2) is 4.79 Å². The molecule has 1 heterocycles. The third-order valence-corrected chi connectivity index (χ3v) is 4.79. The number of hydrogen-bond donors (Lipinski definition) is 2. The molecular weight excluding hydrogens is 374 g/mol. The molecule has 0 bridgehead atoms. The summed E-state index contributed by atoms with van der Waals surface area (Å²) in [5.41, 5.74) is 1.28. The highest BCUT2D eigenvalue weighted by Gasteiger charge is 2.22. The van der Waals surface area contributed by atoms with E-state index in [1.165, 1.54) is 12.5 Å². The monoisotopic (exact) mass is 391 g/mol. The van der Waals surface area contributed by atoms with Gasteiger partial charge in [0.05, 0.1) is 5.69 Å². The SMILES string of the molecule is O=C(O)c1ccc(-c2ccc(Br)cc2NC(=O)C2CCCCC2)o1. The number of amides is 1. The molecule has 126 valence electrons. The van der Waals surface area contributed by atoms with Crippen LogP contribution >= 0.6 is 15.9 Å². The second-order valence-corrected chi connectivity index (χ2v) is 6.90. The first-order chi connectivity index (χ1) is 11.5. The molecule has 0 aliphatic heterocycles. The van der Waals surface area contributed by atoms with Crippen LogP contribution in [-0.2, 0) is 4.79 Å². The van der Waals surface area contributed by atoms with Crippen molar-refractivity contribution in [2.75, 3.05) is 5.32 Å². The van der Waals surface area contributed by atoms with Crippen molar-refractivity contribution in [2.45, 2.75) is 32.1 Å². The number of furan rings is 1. The fourth-order valence-electron chi connectivity index (χ4n) is 3.03. The lowest BCUT2D eigenvalue weighted by atomic mass is 9.88. The van der Waals surface area contributed by atoms with Crippen LogP contribution in [-0.4, -0.2) is 17.0 Å². The molecule has 6 heteroatoms. The molecule has 1 aromatic heterocycles. The third-order valence-electron chi connectivity index (χ3n) is 4.30. The number of carbonyl (C=O) groups is 2. The van der Waals surface area contributed by atoms with E-state index >= 15 is 0 Å². The Morgan fingerprint density at radius 1 is 1.12 bits per heavy atom. The molecule has 1 aliphatic rings. The average molecular weight is 392 g/mol. The van der Waals surface area contributed by atoms with Crippen LogP contribution in [0.1, 0.15) is 42.7 Å². The minimum absolute atomic E-state index is 0.0130. The summed E-state index contributed by atoms with van der Waals surface area (Å²) in [5.74, 6) is -0.779. The molecule has 1 aliphatic carbocycles. The molecule has 3 rings (SSSR count). The molecule has 1 fully saturated rings. The minimum Gasteiger partial charge on any atom is -0.475 e. The summed E-state index contributed by atoms with van der Waals surface area (Å²) in [6.07, 6.45) is 5.20. The number of anilines is 1. The Balaban J connectivity index is 1.87. The van der Waals surface area contributed by atoms with Gasteiger partial charge < -0.3 is 14.8 Å². The lowest BCUT2D eigenvalue weighted by Gasteiger charge is -2.21. The summed E-state index contributed by atoms with van der Waals surface area (Å²) in [6.45, 7) is 0. The van der Waals surface area contributed by atoms with Crippen LogP contribution in [0.5, 0.6) is 0 Å². The van der Waals surface area contributed by atoms with E-state index in [1.807, 2.05) is 6.07 Å². The first kappa shape index (κ1) is 16.8. The molecule has 0 radical (unpaired) electrons. The summed E-state index contributed by atoms with van der Waals surface area (Å²) in [4.78, 5) is 23.5. The molecule has 0 saturated heterocycles. The van der Waals surface area contributed by atoms with Gasteiger partial charge in [-0.3, -0.25) is 4.79 Å². The number of carboxylic acid groups (broad SMARTS) is 1. The van der Waals surface area contributed by atoms with E-state index in [0.717, 1.165) is 30.2 Å². The molecule has 2 aromatic rings. The number of aromatic carboxylic acids is 1. The second-order valence-electron chi connectivity index (χ2n) is 5.98. The zero-order valence-corrected chi connectivity index (χ0v) is 14.6. The number of nitrogens with one attached hydrogen (secondary N) is 1. The zero-order valence-electron chi connectivity index (χ0n) is 13.0. The lowest BCUT2D eigenvalue weighted by Crippen LogP contribution is -2.25. The average Bonchev–Trinajstić information content (AvgIpc) is 3.06. The first-order valence-electron chi connectivity index (χ1n) is 7.98. The highest BCUT2D eigenvalue weighted by molar-refractivity contribution is 9.10. The van der Waals surface area contributed by atoms with Gasteiger partial charge in [-0.1, -0.05) is 35.2 Å². The fourth-order valence-corrected chi connectivity index (χ4v) is 3.39. The minimum atomic E-state index is -1.12. The maximum atomic E-state index is 12.5. The molecule has 0 atom stereocenters. The molecule has 0 spiro atoms. The fraction of sp³-hybridized carbons (Fsp3) is 0.333. The number of halogens is 1. The van der Waals surface area contributed by atoms with Crippen LogP contribution in [0.4, 0.5) is 5.69 Å². The predicted molar refractivity (Wildman–Crippen MR) is 94.0 cm³/mol. The largest absolute Gasteiger partial charge is 0.475 e. The summed E-state index contributed by atoms with van der Waals surface area (Å²) in [7, 11) is 0. The number of benzene rings is 1. The van der Waals surface area contributed by atoms with Gasteiger partial charge in [-0.05, 0) is 43.2 Å². The molecule has 1 amide bonds. The van der Waals surface area contributed by atoms with E-state index in [-0.39, 0.29) is 17.6 Å². The Morgan fingerprint density at radius 3 is 2.54 bits per heavy atom. The second kappa shape index (κ2) is 7.21. The molecule has 2 N–H and O–H groups in total. The molecular formula is C18H18BrNO4. The van der Waals surface area contributed by atoms with Gasteiger partial charge >= 0.3 is 5.97 Å². The maximum absolute atomic E-state index is 12.5. The number of carboxylic acids is 1. The lowest BCUT2D eigenvalue weighted by molar-refractivity contribution is -0.120. The van der Waals surface area contributed by atoms with Gasteiger partial charge in [0.25, 0.3) is 0 Å². The summed E-state index contributed by atoms with van der Waals surface area (Å²) >= 11 is 3.41. The van der Waals surface area contributed by atoms with Crippen LogP contribution in [0.15, 0.2) is 39.2 Å². The van der Waals surface area contributed by atoms with Gasteiger partial charge in [0.15, 0.2) is 0 Å². The van der Waals surface area contributed by atoms with Crippen LogP contribution in [0.25, 0.3) is 11.3 Å². The Morgan fingerprint density at radius 2 is 1.88 bits per heavy atom. The number of hydrogen-bond acceptors (Lipinski definition) is 3.